The van der Waals surface area contributed by atoms with E-state index in [0.717, 1.165) is 7.11 Å². The van der Waals surface area contributed by atoms with E-state index in [1.165, 1.54) is 0 Å². The lowest BCUT2D eigenvalue weighted by Gasteiger charge is -2.12. The summed E-state index contributed by atoms with van der Waals surface area (Å²) < 4.78 is 81.1. The molecule has 19 heavy (non-hydrogen) atoms. The second-order valence-corrected chi connectivity index (χ2v) is 3.06. The molecule has 1 rings (SSSR count). The number of aromatic nitrogens is 1. The van der Waals surface area contributed by atoms with E-state index in [9.17, 15) is 31.1 Å². The fourth-order valence-electron chi connectivity index (χ4n) is 1.09. The van der Waals surface area contributed by atoms with Crippen molar-refractivity contribution < 1.29 is 40.6 Å². The first-order valence-electron chi connectivity index (χ1n) is 4.48. The second kappa shape index (κ2) is 5.33. The Kier molecular flexibility index (Phi) is 4.22. The molecule has 0 atom stereocenters. The van der Waals surface area contributed by atoms with Crippen molar-refractivity contribution in [3.05, 3.63) is 23.1 Å². The Hall–Kier alpha value is -2.00. The van der Waals surface area contributed by atoms with Crippen LogP contribution in [0.4, 0.5) is 26.3 Å². The SMILES string of the molecule is COC(=O)c1cc(C(F)F)c(F)nc1OC(F)(F)F. The van der Waals surface area contributed by atoms with Gasteiger partial charge in [-0.15, -0.1) is 13.2 Å². The van der Waals surface area contributed by atoms with Crippen molar-refractivity contribution >= 4 is 5.97 Å². The summed E-state index contributed by atoms with van der Waals surface area (Å²) >= 11 is 0. The molecule has 1 aromatic heterocycles. The first-order chi connectivity index (χ1) is 8.65. The van der Waals surface area contributed by atoms with Gasteiger partial charge in [0.15, 0.2) is 0 Å². The van der Waals surface area contributed by atoms with Crippen molar-refractivity contribution in [3.63, 3.8) is 0 Å². The molecule has 0 aliphatic carbocycles. The second-order valence-electron chi connectivity index (χ2n) is 3.06. The fourth-order valence-corrected chi connectivity index (χ4v) is 1.09. The summed E-state index contributed by atoms with van der Waals surface area (Å²) in [4.78, 5) is 13.7. The van der Waals surface area contributed by atoms with Gasteiger partial charge in [-0.3, -0.25) is 0 Å². The number of halogens is 6. The standard InChI is InChI=1S/C9H5F6NO3/c1-18-8(17)4-2-3(5(10)11)6(12)16-7(4)19-9(13,14)15/h2,5H,1H3. The number of hydrogen-bond acceptors (Lipinski definition) is 4. The van der Waals surface area contributed by atoms with Gasteiger partial charge in [-0.1, -0.05) is 0 Å². The van der Waals surface area contributed by atoms with Crippen LogP contribution in [-0.2, 0) is 4.74 Å². The number of rotatable bonds is 3. The van der Waals surface area contributed by atoms with Crippen LogP contribution in [0.15, 0.2) is 6.07 Å². The average molecular weight is 289 g/mol. The van der Waals surface area contributed by atoms with Gasteiger partial charge in [0.1, 0.15) is 5.56 Å². The van der Waals surface area contributed by atoms with Crippen molar-refractivity contribution in [2.45, 2.75) is 12.8 Å². The summed E-state index contributed by atoms with van der Waals surface area (Å²) in [5.74, 6) is -4.79. The molecule has 10 heteroatoms. The summed E-state index contributed by atoms with van der Waals surface area (Å²) in [7, 11) is 0.797. The number of nitrogens with zero attached hydrogens (tertiary/aromatic N) is 1. The molecule has 0 saturated carbocycles. The Morgan fingerprint density at radius 2 is 1.95 bits per heavy atom. The molecule has 0 saturated heterocycles. The van der Waals surface area contributed by atoms with Crippen LogP contribution in [0.3, 0.4) is 0 Å². The number of carbonyl (C=O) groups excluding carboxylic acids is 1. The van der Waals surface area contributed by atoms with Crippen molar-refractivity contribution in [2.24, 2.45) is 0 Å². The molecule has 0 radical (unpaired) electrons. The Morgan fingerprint density at radius 1 is 1.37 bits per heavy atom. The van der Waals surface area contributed by atoms with E-state index >= 15 is 0 Å². The van der Waals surface area contributed by atoms with Gasteiger partial charge < -0.3 is 9.47 Å². The first-order valence-corrected chi connectivity index (χ1v) is 4.48. The number of esters is 1. The third-order valence-corrected chi connectivity index (χ3v) is 1.82. The maximum atomic E-state index is 13.0. The van der Waals surface area contributed by atoms with Crippen LogP contribution in [-0.4, -0.2) is 24.4 Å². The Balaban J connectivity index is 3.36. The highest BCUT2D eigenvalue weighted by Gasteiger charge is 2.35. The summed E-state index contributed by atoms with van der Waals surface area (Å²) in [6.45, 7) is 0. The monoisotopic (exact) mass is 289 g/mol. The minimum atomic E-state index is -5.27. The fraction of sp³-hybridized carbons (Fsp3) is 0.333. The molecule has 1 heterocycles. The maximum absolute atomic E-state index is 13.0. The van der Waals surface area contributed by atoms with E-state index in [0.29, 0.717) is 0 Å². The summed E-state index contributed by atoms with van der Waals surface area (Å²) in [5, 5.41) is 0. The molecular weight excluding hydrogens is 284 g/mol. The lowest BCUT2D eigenvalue weighted by molar-refractivity contribution is -0.276. The predicted molar refractivity (Wildman–Crippen MR) is 47.2 cm³/mol. The number of ether oxygens (including phenoxy) is 2. The lowest BCUT2D eigenvalue weighted by atomic mass is 10.2. The third-order valence-electron chi connectivity index (χ3n) is 1.82. The van der Waals surface area contributed by atoms with Crippen LogP contribution in [0.25, 0.3) is 0 Å². The topological polar surface area (TPSA) is 48.4 Å². The Bertz CT molecular complexity index is 488. The molecule has 4 nitrogen and oxygen atoms in total. The quantitative estimate of drug-likeness (QED) is 0.488. The third kappa shape index (κ3) is 3.73. The highest BCUT2D eigenvalue weighted by atomic mass is 19.4. The number of carbonyl (C=O) groups is 1. The number of hydrogen-bond donors (Lipinski definition) is 0. The van der Waals surface area contributed by atoms with Crippen molar-refractivity contribution in [2.75, 3.05) is 7.11 Å². The molecule has 1 aromatic rings. The Morgan fingerprint density at radius 3 is 2.37 bits per heavy atom. The predicted octanol–water partition coefficient (Wildman–Crippen LogP) is 2.84. The van der Waals surface area contributed by atoms with Crippen LogP contribution in [0.1, 0.15) is 22.3 Å². The van der Waals surface area contributed by atoms with E-state index in [2.05, 4.69) is 14.5 Å². The minimum absolute atomic E-state index is 0.194. The number of pyridine rings is 1. The van der Waals surface area contributed by atoms with Crippen LogP contribution in [0.5, 0.6) is 5.88 Å². The van der Waals surface area contributed by atoms with Crippen LogP contribution in [0.2, 0.25) is 0 Å². The molecule has 0 aliphatic heterocycles. The molecule has 0 aromatic carbocycles. The summed E-state index contributed by atoms with van der Waals surface area (Å²) in [6.07, 6.45) is -8.63. The van der Waals surface area contributed by atoms with Crippen molar-refractivity contribution in [1.82, 2.24) is 4.98 Å². The number of methoxy groups -OCH3 is 1. The number of alkyl halides is 5. The van der Waals surface area contributed by atoms with Crippen LogP contribution < -0.4 is 4.74 Å². The molecule has 106 valence electrons. The van der Waals surface area contributed by atoms with E-state index in [1.54, 1.807) is 0 Å². The highest BCUT2D eigenvalue weighted by molar-refractivity contribution is 5.92. The summed E-state index contributed by atoms with van der Waals surface area (Å²) in [6, 6.07) is 0.194. The average Bonchev–Trinajstić information content (AvgIpc) is 2.25. The van der Waals surface area contributed by atoms with Crippen molar-refractivity contribution in [3.8, 4) is 5.88 Å². The van der Waals surface area contributed by atoms with Crippen LogP contribution >= 0.6 is 0 Å². The molecule has 0 aliphatic rings. The Labute approximate surface area is 101 Å². The molecule has 0 unspecified atom stereocenters. The maximum Gasteiger partial charge on any atom is 0.574 e. The normalized spacial score (nSPS) is 11.6. The summed E-state index contributed by atoms with van der Waals surface area (Å²) in [5.41, 5.74) is -2.40. The largest absolute Gasteiger partial charge is 0.574 e. The minimum Gasteiger partial charge on any atom is -0.465 e. The van der Waals surface area contributed by atoms with E-state index in [1.807, 2.05) is 0 Å². The molecule has 0 bridgehead atoms. The van der Waals surface area contributed by atoms with Crippen molar-refractivity contribution in [1.29, 1.82) is 0 Å². The van der Waals surface area contributed by atoms with Gasteiger partial charge in [0, 0.05) is 0 Å². The lowest BCUT2D eigenvalue weighted by Crippen LogP contribution is -2.21. The van der Waals surface area contributed by atoms with Crippen LogP contribution in [0, 0.1) is 5.95 Å². The molecule has 0 N–H and O–H groups in total. The zero-order valence-electron chi connectivity index (χ0n) is 9.09. The van der Waals surface area contributed by atoms with Gasteiger partial charge in [-0.25, -0.2) is 13.6 Å². The first kappa shape index (κ1) is 15.1. The van der Waals surface area contributed by atoms with Gasteiger partial charge in [0.2, 0.25) is 11.8 Å². The van der Waals surface area contributed by atoms with Gasteiger partial charge in [0.05, 0.1) is 12.7 Å². The molecule has 0 amide bonds. The smallest absolute Gasteiger partial charge is 0.465 e. The van der Waals surface area contributed by atoms with E-state index in [-0.39, 0.29) is 6.07 Å². The highest BCUT2D eigenvalue weighted by Crippen LogP contribution is 2.30. The van der Waals surface area contributed by atoms with E-state index in [4.69, 9.17) is 0 Å². The zero-order chi connectivity index (χ0) is 14.8. The zero-order valence-corrected chi connectivity index (χ0v) is 9.09. The molecule has 0 spiro atoms. The van der Waals surface area contributed by atoms with Gasteiger partial charge >= 0.3 is 12.3 Å². The van der Waals surface area contributed by atoms with Gasteiger partial charge in [-0.05, 0) is 6.07 Å². The van der Waals surface area contributed by atoms with Gasteiger partial charge in [-0.2, -0.15) is 9.37 Å². The van der Waals surface area contributed by atoms with Gasteiger partial charge in [0.25, 0.3) is 6.43 Å². The molecule has 0 fully saturated rings. The molecular formula is C9H5F6NO3. The van der Waals surface area contributed by atoms with E-state index < -0.39 is 41.7 Å².